The van der Waals surface area contributed by atoms with E-state index in [0.29, 0.717) is 0 Å². The molecule has 0 N–H and O–H groups in total. The lowest BCUT2D eigenvalue weighted by Crippen LogP contribution is -2.39. The van der Waals surface area contributed by atoms with Crippen molar-refractivity contribution in [2.24, 2.45) is 35.5 Å². The Morgan fingerprint density at radius 2 is 0.539 bits per heavy atom. The number of ether oxygens (including phenoxy) is 5. The van der Waals surface area contributed by atoms with Gasteiger partial charge in [-0.1, -0.05) is 193 Å². The van der Waals surface area contributed by atoms with Crippen LogP contribution in [0.2, 0.25) is 5.02 Å². The van der Waals surface area contributed by atoms with Crippen molar-refractivity contribution < 1.29 is 23.7 Å². The Morgan fingerprint density at radius 1 is 0.265 bits per heavy atom. The van der Waals surface area contributed by atoms with Crippen molar-refractivity contribution in [3.05, 3.63) is 178 Å². The predicted octanol–water partition coefficient (Wildman–Crippen LogP) is 19.7. The average molecular weight is 1430 g/mol. The number of nitrogens with zero attached hydrogens (tertiary/aromatic N) is 5. The summed E-state index contributed by atoms with van der Waals surface area (Å²) < 4.78 is 28.8. The highest BCUT2D eigenvalue weighted by atomic mass is 35.5. The molecule has 11 heteroatoms. The molecular weight excluding hydrogens is 1280 g/mol. The molecule has 5 aromatic rings. The quantitative estimate of drug-likeness (QED) is 0.0355. The van der Waals surface area contributed by atoms with Crippen LogP contribution in [0.5, 0.6) is 0 Å². The van der Waals surface area contributed by atoms with Crippen LogP contribution in [0.15, 0.2) is 146 Å². The molecule has 5 heterocycles. The van der Waals surface area contributed by atoms with E-state index in [1.165, 1.54) is 216 Å². The van der Waals surface area contributed by atoms with Gasteiger partial charge in [0.25, 0.3) is 0 Å². The first-order chi connectivity index (χ1) is 50.0. The number of benzene rings is 5. The largest absolute Gasteiger partial charge is 0.381 e. The average Bonchev–Trinajstić information content (AvgIpc) is 1.88. The van der Waals surface area contributed by atoms with Crippen LogP contribution in [0.25, 0.3) is 0 Å². The lowest BCUT2D eigenvalue weighted by Gasteiger charge is -2.34. The molecule has 0 aromatic heterocycles. The van der Waals surface area contributed by atoms with E-state index < -0.39 is 0 Å². The maximum absolute atomic E-state index is 5.87. The molecule has 0 spiro atoms. The molecule has 5 saturated heterocycles. The van der Waals surface area contributed by atoms with E-state index in [-0.39, 0.29) is 0 Å². The number of halogens is 1. The van der Waals surface area contributed by atoms with Gasteiger partial charge in [-0.25, -0.2) is 0 Å². The number of hydrogen-bond donors (Lipinski definition) is 0. The molecule has 5 aliphatic heterocycles. The fraction of sp³-hybridized carbons (Fsp3) is 0.670. The van der Waals surface area contributed by atoms with Gasteiger partial charge >= 0.3 is 0 Å². The maximum atomic E-state index is 5.87. The van der Waals surface area contributed by atoms with Crippen molar-refractivity contribution in [2.75, 3.05) is 164 Å². The second-order valence-electron chi connectivity index (χ2n) is 31.3. The topological polar surface area (TPSA) is 62.4 Å². The van der Waals surface area contributed by atoms with Crippen LogP contribution in [0.4, 0.5) is 0 Å². The molecule has 10 rings (SSSR count). The molecule has 5 aromatic carbocycles. The molecule has 0 amide bonds. The van der Waals surface area contributed by atoms with Crippen molar-refractivity contribution in [3.8, 4) is 0 Å². The normalized spacial score (nSPS) is 20.2. The lowest BCUT2D eigenvalue weighted by molar-refractivity contribution is 0.0980. The number of likely N-dealkylation sites (tertiary alicyclic amines) is 5. The second-order valence-corrected chi connectivity index (χ2v) is 31.7. The van der Waals surface area contributed by atoms with Crippen molar-refractivity contribution in [2.45, 2.75) is 196 Å². The van der Waals surface area contributed by atoms with Gasteiger partial charge in [-0.3, -0.25) is 0 Å². The van der Waals surface area contributed by atoms with E-state index in [1.807, 2.05) is 12.1 Å². The van der Waals surface area contributed by atoms with Crippen molar-refractivity contribution in [3.63, 3.8) is 0 Å². The summed E-state index contributed by atoms with van der Waals surface area (Å²) in [5.74, 6) is 5.26. The van der Waals surface area contributed by atoms with Crippen LogP contribution in [-0.4, -0.2) is 189 Å². The first-order valence-electron chi connectivity index (χ1n) is 41.4. The minimum atomic E-state index is 0.808. The third kappa shape index (κ3) is 44.2. The first kappa shape index (κ1) is 86.9. The number of piperidine rings is 5. The Kier molecular flexibility index (Phi) is 48.7. The van der Waals surface area contributed by atoms with Gasteiger partial charge in [-0.2, -0.15) is 0 Å². The Balaban J connectivity index is 0.000000200. The van der Waals surface area contributed by atoms with Crippen LogP contribution in [0.1, 0.15) is 191 Å². The minimum absolute atomic E-state index is 0.808. The van der Waals surface area contributed by atoms with Crippen LogP contribution in [-0.2, 0) is 55.8 Å². The Labute approximate surface area is 630 Å². The second kappa shape index (κ2) is 57.2. The summed E-state index contributed by atoms with van der Waals surface area (Å²) in [7, 11) is 0. The van der Waals surface area contributed by atoms with Crippen LogP contribution < -0.4 is 0 Å². The third-order valence-electron chi connectivity index (χ3n) is 20.8. The van der Waals surface area contributed by atoms with Crippen LogP contribution in [0.3, 0.4) is 0 Å². The van der Waals surface area contributed by atoms with Crippen molar-refractivity contribution in [1.82, 2.24) is 24.5 Å². The van der Waals surface area contributed by atoms with Crippen LogP contribution in [0, 0.1) is 35.5 Å². The summed E-state index contributed by atoms with van der Waals surface area (Å²) in [4.78, 5) is 13.0. The fourth-order valence-corrected chi connectivity index (χ4v) is 15.6. The summed E-state index contributed by atoms with van der Waals surface area (Å²) in [6, 6.07) is 50.8. The van der Waals surface area contributed by atoms with Gasteiger partial charge in [-0.05, 0) is 256 Å². The molecule has 5 aliphatic rings. The van der Waals surface area contributed by atoms with Gasteiger partial charge in [0.05, 0.1) is 0 Å². The Morgan fingerprint density at radius 3 is 0.873 bits per heavy atom. The van der Waals surface area contributed by atoms with Gasteiger partial charge < -0.3 is 48.2 Å². The van der Waals surface area contributed by atoms with Gasteiger partial charge in [0.2, 0.25) is 0 Å². The smallest absolute Gasteiger partial charge is 0.0478 e. The third-order valence-corrected chi connectivity index (χ3v) is 21.1. The van der Waals surface area contributed by atoms with E-state index in [0.717, 1.165) is 171 Å². The van der Waals surface area contributed by atoms with Gasteiger partial charge in [0.15, 0.2) is 0 Å². The Bertz CT molecular complexity index is 2570. The monoisotopic (exact) mass is 1420 g/mol. The number of aryl methyl sites for hydroxylation is 5. The molecule has 5 atom stereocenters. The lowest BCUT2D eigenvalue weighted by atomic mass is 9.92. The van der Waals surface area contributed by atoms with E-state index >= 15 is 0 Å². The van der Waals surface area contributed by atoms with E-state index in [9.17, 15) is 0 Å². The zero-order valence-corrected chi connectivity index (χ0v) is 66.4. The van der Waals surface area contributed by atoms with Crippen molar-refractivity contribution in [1.29, 1.82) is 0 Å². The molecule has 0 bridgehead atoms. The van der Waals surface area contributed by atoms with Gasteiger partial charge in [0.1, 0.15) is 0 Å². The molecule has 0 radical (unpaired) electrons. The summed E-state index contributed by atoms with van der Waals surface area (Å²) in [5, 5.41) is 0.808. The SMILES string of the molecule is CC1CCCN(CCCOCCCc2ccccc2)C1.CC1CCN(CCCOCCCc2ccccc2)CC1.C[C@@H]1C[C@H](C)CN(CCCOCCCc2ccccc2)C1.C[C@H]1C[C@H](C)CN(CCCOCCCc2ccccc2)C1.Clc1ccc(CCCOCCCN2CCCCC2)cc1. The standard InChI is InChI=1S/2C19H31NO.2C18H29NO.C17H26ClNO/c2*1-17-14-18(2)16-20(15-17)11-7-13-21-12-6-10-19-8-4-3-5-9-19;1-17-8-5-12-19(16-17)13-7-15-20-14-6-11-18-9-3-2-4-10-18;1-17-10-13-19(14-11-17)12-6-16-20-15-5-9-18-7-3-2-4-8-18;18-17-9-7-16(8-10-17)6-4-14-20-15-5-13-19-11-2-1-3-12-19/h2*3-5,8-9,17-18H,6-7,10-16H2,1-2H3;2-4,9-10,17H,5-8,11-16H2,1H3;2-4,7-8,17H,5-6,9-16H2,1H3;7-10H,1-6,11-15H2/t17-,18+;17-,18-;;;/m.0.../s1. The molecule has 10 nitrogen and oxygen atoms in total. The highest BCUT2D eigenvalue weighted by Gasteiger charge is 2.23. The van der Waals surface area contributed by atoms with E-state index in [4.69, 9.17) is 35.3 Å². The summed E-state index contributed by atoms with van der Waals surface area (Å²) >= 11 is 5.87. The molecule has 102 heavy (non-hydrogen) atoms. The summed E-state index contributed by atoms with van der Waals surface area (Å²) in [5.41, 5.74) is 7.00. The zero-order valence-electron chi connectivity index (χ0n) is 65.6. The number of rotatable bonds is 40. The predicted molar refractivity (Wildman–Crippen MR) is 435 cm³/mol. The van der Waals surface area contributed by atoms with Gasteiger partial charge in [0, 0.05) is 137 Å². The summed E-state index contributed by atoms with van der Waals surface area (Å²) in [6.45, 7) is 42.1. The van der Waals surface area contributed by atoms with E-state index in [2.05, 4.69) is 200 Å². The molecule has 1 unspecified atom stereocenters. The first-order valence-corrected chi connectivity index (χ1v) is 41.8. The van der Waals surface area contributed by atoms with Crippen LogP contribution >= 0.6 is 11.6 Å². The van der Waals surface area contributed by atoms with Gasteiger partial charge in [-0.15, -0.1) is 0 Å². The highest BCUT2D eigenvalue weighted by Crippen LogP contribution is 2.23. The Hall–Kier alpha value is -4.01. The molecular formula is C91H146ClN5O5. The molecule has 5 fully saturated rings. The summed E-state index contributed by atoms with van der Waals surface area (Å²) in [6.07, 6.45) is 29.5. The zero-order chi connectivity index (χ0) is 72.0. The minimum Gasteiger partial charge on any atom is -0.381 e. The maximum Gasteiger partial charge on any atom is 0.0478 e. The highest BCUT2D eigenvalue weighted by molar-refractivity contribution is 6.30. The van der Waals surface area contributed by atoms with Crippen molar-refractivity contribution >= 4 is 11.6 Å². The number of hydrogen-bond acceptors (Lipinski definition) is 10. The molecule has 0 aliphatic carbocycles. The fourth-order valence-electron chi connectivity index (χ4n) is 15.5. The molecule has 0 saturated carbocycles. The van der Waals surface area contributed by atoms with E-state index in [1.54, 1.807) is 0 Å². The molecule has 572 valence electrons.